The Bertz CT molecular complexity index is 114. The first-order valence-corrected chi connectivity index (χ1v) is 4.58. The number of hydrogen-bond donors (Lipinski definition) is 1. The molecule has 0 saturated carbocycles. The molecule has 0 radical (unpaired) electrons. The van der Waals surface area contributed by atoms with Crippen molar-refractivity contribution in [3.8, 4) is 0 Å². The van der Waals surface area contributed by atoms with Crippen LogP contribution in [0, 0.1) is 0 Å². The van der Waals surface area contributed by atoms with E-state index < -0.39 is 0 Å². The summed E-state index contributed by atoms with van der Waals surface area (Å²) in [5, 5.41) is 9.20. The van der Waals surface area contributed by atoms with Gasteiger partial charge in [-0.2, -0.15) is 0 Å². The van der Waals surface area contributed by atoms with E-state index in [0.29, 0.717) is 6.04 Å². The Morgan fingerprint density at radius 2 is 2.27 bits per heavy atom. The fraction of sp³-hybridized carbons (Fsp3) is 1.00. The van der Waals surface area contributed by atoms with E-state index in [1.165, 1.54) is 25.8 Å². The first-order chi connectivity index (χ1) is 5.20. The van der Waals surface area contributed by atoms with Gasteiger partial charge in [-0.1, -0.05) is 6.42 Å². The summed E-state index contributed by atoms with van der Waals surface area (Å²) in [6.07, 6.45) is 4.73. The molecular formula is C9H19NO. The molecule has 1 heterocycles. The molecule has 0 amide bonds. The number of likely N-dealkylation sites (tertiary alicyclic amines) is 1. The molecule has 0 aromatic heterocycles. The van der Waals surface area contributed by atoms with Crippen molar-refractivity contribution in [3.05, 3.63) is 0 Å². The molecule has 2 heteroatoms. The van der Waals surface area contributed by atoms with E-state index in [2.05, 4.69) is 11.9 Å². The van der Waals surface area contributed by atoms with Crippen molar-refractivity contribution in [2.75, 3.05) is 13.6 Å². The molecule has 11 heavy (non-hydrogen) atoms. The van der Waals surface area contributed by atoms with E-state index in [1.54, 1.807) is 0 Å². The highest BCUT2D eigenvalue weighted by molar-refractivity contribution is 4.75. The van der Waals surface area contributed by atoms with E-state index in [4.69, 9.17) is 0 Å². The van der Waals surface area contributed by atoms with Gasteiger partial charge in [-0.05, 0) is 39.8 Å². The van der Waals surface area contributed by atoms with E-state index in [9.17, 15) is 5.11 Å². The van der Waals surface area contributed by atoms with Gasteiger partial charge in [0.1, 0.15) is 0 Å². The number of nitrogens with zero attached hydrogens (tertiary/aromatic N) is 1. The van der Waals surface area contributed by atoms with Gasteiger partial charge in [0.05, 0.1) is 6.10 Å². The van der Waals surface area contributed by atoms with Crippen LogP contribution in [0.1, 0.15) is 32.6 Å². The van der Waals surface area contributed by atoms with Crippen molar-refractivity contribution in [2.24, 2.45) is 0 Å². The molecule has 1 N–H and O–H groups in total. The van der Waals surface area contributed by atoms with E-state index >= 15 is 0 Å². The Balaban J connectivity index is 2.29. The third-order valence-electron chi connectivity index (χ3n) is 2.53. The maximum Gasteiger partial charge on any atom is 0.0527 e. The Labute approximate surface area is 69.2 Å². The van der Waals surface area contributed by atoms with Crippen molar-refractivity contribution in [3.63, 3.8) is 0 Å². The maximum absolute atomic E-state index is 9.20. The quantitative estimate of drug-likeness (QED) is 0.652. The SMILES string of the molecule is C[C@H](O)C[C@H]1CCCCN1C. The topological polar surface area (TPSA) is 23.5 Å². The summed E-state index contributed by atoms with van der Waals surface area (Å²) in [4.78, 5) is 2.37. The molecule has 1 fully saturated rings. The predicted octanol–water partition coefficient (Wildman–Crippen LogP) is 1.24. The third kappa shape index (κ3) is 2.80. The molecule has 2 atom stereocenters. The molecule has 66 valence electrons. The van der Waals surface area contributed by atoms with E-state index in [0.717, 1.165) is 6.42 Å². The minimum atomic E-state index is -0.138. The fourth-order valence-electron chi connectivity index (χ4n) is 1.84. The Morgan fingerprint density at radius 3 is 2.82 bits per heavy atom. The maximum atomic E-state index is 9.20. The minimum absolute atomic E-state index is 0.138. The highest BCUT2D eigenvalue weighted by Crippen LogP contribution is 2.18. The largest absolute Gasteiger partial charge is 0.393 e. The minimum Gasteiger partial charge on any atom is -0.393 e. The van der Waals surface area contributed by atoms with Gasteiger partial charge in [0.15, 0.2) is 0 Å². The fourth-order valence-corrected chi connectivity index (χ4v) is 1.84. The van der Waals surface area contributed by atoms with Gasteiger partial charge < -0.3 is 10.0 Å². The van der Waals surface area contributed by atoms with Gasteiger partial charge in [-0.25, -0.2) is 0 Å². The van der Waals surface area contributed by atoms with Crippen molar-refractivity contribution in [1.82, 2.24) is 4.90 Å². The molecule has 1 rings (SSSR count). The van der Waals surface area contributed by atoms with Gasteiger partial charge in [-0.15, -0.1) is 0 Å². The summed E-state index contributed by atoms with van der Waals surface area (Å²) in [6.45, 7) is 3.08. The van der Waals surface area contributed by atoms with Crippen LogP contribution in [0.3, 0.4) is 0 Å². The lowest BCUT2D eigenvalue weighted by molar-refractivity contribution is 0.105. The Kier molecular flexibility index (Phi) is 3.34. The van der Waals surface area contributed by atoms with Gasteiger partial charge in [0.25, 0.3) is 0 Å². The zero-order valence-corrected chi connectivity index (χ0v) is 7.58. The lowest BCUT2D eigenvalue weighted by Crippen LogP contribution is -2.38. The summed E-state index contributed by atoms with van der Waals surface area (Å²) in [7, 11) is 2.16. The Hall–Kier alpha value is -0.0800. The van der Waals surface area contributed by atoms with E-state index in [1.807, 2.05) is 6.92 Å². The van der Waals surface area contributed by atoms with Crippen molar-refractivity contribution in [2.45, 2.75) is 44.8 Å². The normalized spacial score (nSPS) is 30.3. The number of aliphatic hydroxyl groups is 1. The highest BCUT2D eigenvalue weighted by Gasteiger charge is 2.19. The standard InChI is InChI=1S/C9H19NO/c1-8(11)7-9-5-3-4-6-10(9)2/h8-9,11H,3-7H2,1-2H3/t8-,9+/m0/s1. The van der Waals surface area contributed by atoms with E-state index in [-0.39, 0.29) is 6.10 Å². The number of aliphatic hydroxyl groups excluding tert-OH is 1. The second kappa shape index (κ2) is 4.07. The van der Waals surface area contributed by atoms with Crippen LogP contribution in [-0.2, 0) is 0 Å². The first-order valence-electron chi connectivity index (χ1n) is 4.58. The van der Waals surface area contributed by atoms with Crippen molar-refractivity contribution >= 4 is 0 Å². The second-order valence-electron chi connectivity index (χ2n) is 3.71. The lowest BCUT2D eigenvalue weighted by atomic mass is 9.98. The highest BCUT2D eigenvalue weighted by atomic mass is 16.3. The summed E-state index contributed by atoms with van der Waals surface area (Å²) >= 11 is 0. The van der Waals surface area contributed by atoms with Crippen molar-refractivity contribution < 1.29 is 5.11 Å². The summed E-state index contributed by atoms with van der Waals surface area (Å²) in [5.41, 5.74) is 0. The zero-order chi connectivity index (χ0) is 8.27. The van der Waals surface area contributed by atoms with Crippen LogP contribution in [0.5, 0.6) is 0 Å². The smallest absolute Gasteiger partial charge is 0.0527 e. The van der Waals surface area contributed by atoms with Crippen molar-refractivity contribution in [1.29, 1.82) is 0 Å². The zero-order valence-electron chi connectivity index (χ0n) is 7.58. The van der Waals surface area contributed by atoms with Gasteiger partial charge in [-0.3, -0.25) is 0 Å². The molecule has 2 nitrogen and oxygen atoms in total. The molecule has 0 aliphatic carbocycles. The Morgan fingerprint density at radius 1 is 1.55 bits per heavy atom. The van der Waals surface area contributed by atoms with Gasteiger partial charge >= 0.3 is 0 Å². The molecule has 0 unspecified atom stereocenters. The number of piperidine rings is 1. The average Bonchev–Trinajstić information content (AvgIpc) is 1.93. The van der Waals surface area contributed by atoms with Crippen LogP contribution in [0.2, 0.25) is 0 Å². The molecular weight excluding hydrogens is 138 g/mol. The van der Waals surface area contributed by atoms with Crippen LogP contribution in [0.4, 0.5) is 0 Å². The molecule has 0 aromatic carbocycles. The average molecular weight is 157 g/mol. The molecule has 1 saturated heterocycles. The number of rotatable bonds is 2. The molecule has 0 spiro atoms. The second-order valence-corrected chi connectivity index (χ2v) is 3.71. The summed E-state index contributed by atoms with van der Waals surface area (Å²) in [6, 6.07) is 0.628. The summed E-state index contributed by atoms with van der Waals surface area (Å²) in [5.74, 6) is 0. The molecule has 0 aromatic rings. The molecule has 0 bridgehead atoms. The monoisotopic (exact) mass is 157 g/mol. The van der Waals surface area contributed by atoms with Crippen LogP contribution in [0.25, 0.3) is 0 Å². The van der Waals surface area contributed by atoms with Crippen LogP contribution < -0.4 is 0 Å². The summed E-state index contributed by atoms with van der Waals surface area (Å²) < 4.78 is 0. The van der Waals surface area contributed by atoms with Crippen LogP contribution in [0.15, 0.2) is 0 Å². The predicted molar refractivity (Wildman–Crippen MR) is 46.6 cm³/mol. The molecule has 1 aliphatic heterocycles. The third-order valence-corrected chi connectivity index (χ3v) is 2.53. The lowest BCUT2D eigenvalue weighted by Gasteiger charge is -2.33. The van der Waals surface area contributed by atoms with Gasteiger partial charge in [0, 0.05) is 6.04 Å². The van der Waals surface area contributed by atoms with Gasteiger partial charge in [0.2, 0.25) is 0 Å². The van der Waals surface area contributed by atoms with Crippen LogP contribution in [-0.4, -0.2) is 35.7 Å². The first kappa shape index (κ1) is 9.01. The molecule has 1 aliphatic rings. The van der Waals surface area contributed by atoms with Crippen LogP contribution >= 0.6 is 0 Å². The number of hydrogen-bond acceptors (Lipinski definition) is 2.